The van der Waals surface area contributed by atoms with Crippen LogP contribution in [0.3, 0.4) is 0 Å². The molecule has 0 saturated heterocycles. The van der Waals surface area contributed by atoms with Crippen molar-refractivity contribution in [2.24, 2.45) is 0 Å². The molecule has 0 saturated carbocycles. The van der Waals surface area contributed by atoms with Crippen molar-refractivity contribution in [1.29, 1.82) is 5.26 Å². The molecule has 4 aromatic rings. The fourth-order valence-corrected chi connectivity index (χ4v) is 4.22. The second-order valence-corrected chi connectivity index (χ2v) is 9.31. The largest absolute Gasteiger partial charge is 0.454 e. The van der Waals surface area contributed by atoms with Crippen LogP contribution in [-0.4, -0.2) is 41.4 Å². The first-order valence-corrected chi connectivity index (χ1v) is 12.6. The number of benzene rings is 3. The van der Waals surface area contributed by atoms with Crippen molar-refractivity contribution in [3.63, 3.8) is 0 Å². The van der Waals surface area contributed by atoms with Crippen LogP contribution in [-0.2, 0) is 0 Å². The average Bonchev–Trinajstić information content (AvgIpc) is 3.57. The van der Waals surface area contributed by atoms with Crippen molar-refractivity contribution in [1.82, 2.24) is 15.1 Å². The van der Waals surface area contributed by atoms with E-state index in [1.54, 1.807) is 54.6 Å². The highest BCUT2D eigenvalue weighted by Gasteiger charge is 2.25. The maximum atomic E-state index is 13.3. The van der Waals surface area contributed by atoms with Crippen LogP contribution in [0.25, 0.3) is 5.69 Å². The van der Waals surface area contributed by atoms with Crippen LogP contribution in [0.4, 0.5) is 5.82 Å². The predicted molar refractivity (Wildman–Crippen MR) is 146 cm³/mol. The Morgan fingerprint density at radius 2 is 1.72 bits per heavy atom. The van der Waals surface area contributed by atoms with Crippen molar-refractivity contribution in [2.75, 3.05) is 25.2 Å². The number of nitrogens with zero attached hydrogens (tertiary/aromatic N) is 3. The number of carbonyl (C=O) groups is 2. The van der Waals surface area contributed by atoms with Crippen LogP contribution in [0.2, 0.25) is 5.02 Å². The number of amides is 1. The van der Waals surface area contributed by atoms with Gasteiger partial charge in [-0.25, -0.2) is 4.68 Å². The van der Waals surface area contributed by atoms with E-state index in [-0.39, 0.29) is 29.7 Å². The molecule has 0 spiro atoms. The molecule has 0 unspecified atom stereocenters. The Balaban J connectivity index is 1.31. The minimum absolute atomic E-state index is 0.0508. The molecule has 0 bridgehead atoms. The lowest BCUT2D eigenvalue weighted by Gasteiger charge is -2.11. The van der Waals surface area contributed by atoms with Gasteiger partial charge in [0, 0.05) is 29.2 Å². The molecule has 0 aliphatic carbocycles. The third kappa shape index (κ3) is 5.56. The van der Waals surface area contributed by atoms with Crippen LogP contribution in [0.5, 0.6) is 11.5 Å². The smallest absolute Gasteiger partial charge is 0.251 e. The number of aromatic nitrogens is 2. The quantitative estimate of drug-likeness (QED) is 0.228. The molecule has 1 aliphatic rings. The van der Waals surface area contributed by atoms with Gasteiger partial charge in [0.2, 0.25) is 12.6 Å². The summed E-state index contributed by atoms with van der Waals surface area (Å²) in [7, 11) is 0. The minimum Gasteiger partial charge on any atom is -0.454 e. The lowest BCUT2D eigenvalue weighted by Crippen LogP contribution is -2.26. The molecule has 0 radical (unpaired) electrons. The van der Waals surface area contributed by atoms with Crippen LogP contribution >= 0.6 is 11.6 Å². The molecule has 2 heterocycles. The Labute approximate surface area is 229 Å². The van der Waals surface area contributed by atoms with Gasteiger partial charge in [-0.05, 0) is 55.8 Å². The number of hydrogen-bond donors (Lipinski definition) is 2. The van der Waals surface area contributed by atoms with Gasteiger partial charge < -0.3 is 20.1 Å². The normalized spacial score (nSPS) is 11.6. The molecule has 3 aromatic carbocycles. The average molecular weight is 542 g/mol. The zero-order valence-corrected chi connectivity index (χ0v) is 21.8. The zero-order valence-electron chi connectivity index (χ0n) is 21.0. The summed E-state index contributed by atoms with van der Waals surface area (Å²) < 4.78 is 12.1. The lowest BCUT2D eigenvalue weighted by molar-refractivity contribution is 0.0952. The van der Waals surface area contributed by atoms with E-state index in [0.29, 0.717) is 58.7 Å². The third-order valence-electron chi connectivity index (χ3n) is 6.16. The number of ether oxygens (including phenoxy) is 2. The van der Waals surface area contributed by atoms with E-state index in [0.717, 1.165) is 5.56 Å². The number of nitrogens with one attached hydrogen (secondary N) is 2. The maximum Gasteiger partial charge on any atom is 0.251 e. The summed E-state index contributed by atoms with van der Waals surface area (Å²) in [4.78, 5) is 25.9. The second kappa shape index (κ2) is 11.3. The zero-order chi connectivity index (χ0) is 27.4. The first kappa shape index (κ1) is 25.8. The molecule has 1 amide bonds. The van der Waals surface area contributed by atoms with Gasteiger partial charge in [-0.1, -0.05) is 41.4 Å². The van der Waals surface area contributed by atoms with Crippen molar-refractivity contribution in [3.05, 3.63) is 99.7 Å². The number of carbonyl (C=O) groups excluding carboxylic acids is 2. The summed E-state index contributed by atoms with van der Waals surface area (Å²) in [5, 5.41) is 21.2. The second-order valence-electron chi connectivity index (χ2n) is 8.87. The van der Waals surface area contributed by atoms with Crippen LogP contribution in [0, 0.1) is 18.3 Å². The molecule has 1 aliphatic heterocycles. The van der Waals surface area contributed by atoms with E-state index in [4.69, 9.17) is 21.1 Å². The number of anilines is 1. The number of halogens is 1. The number of rotatable bonds is 9. The molecule has 0 fully saturated rings. The number of ketones is 1. The van der Waals surface area contributed by atoms with E-state index in [2.05, 4.69) is 21.8 Å². The summed E-state index contributed by atoms with van der Waals surface area (Å²) >= 11 is 6.06. The molecular weight excluding hydrogens is 518 g/mol. The van der Waals surface area contributed by atoms with Gasteiger partial charge in [0.25, 0.3) is 5.91 Å². The van der Waals surface area contributed by atoms with E-state index in [1.165, 1.54) is 4.68 Å². The standard InChI is InChI=1S/C29H24ClN5O4/c1-18-3-5-19(6-4-18)27(36)26-23(16-31)28(35(34-26)22-10-8-21(30)9-11-22)32-13-2-14-33-29(37)20-7-12-24-25(15-20)39-17-38-24/h3-12,15,32H,2,13-14,17H2,1H3,(H,33,37). The van der Waals surface area contributed by atoms with Crippen molar-refractivity contribution in [3.8, 4) is 23.3 Å². The predicted octanol–water partition coefficient (Wildman–Crippen LogP) is 4.90. The van der Waals surface area contributed by atoms with Crippen molar-refractivity contribution < 1.29 is 19.1 Å². The molecule has 5 rings (SSSR count). The summed E-state index contributed by atoms with van der Waals surface area (Å²) in [6.45, 7) is 2.87. The Bertz CT molecular complexity index is 1570. The number of hydrogen-bond acceptors (Lipinski definition) is 7. The first-order chi connectivity index (χ1) is 18.9. The van der Waals surface area contributed by atoms with Gasteiger partial charge in [-0.15, -0.1) is 0 Å². The lowest BCUT2D eigenvalue weighted by atomic mass is 10.0. The molecular formula is C29H24ClN5O4. The number of fused-ring (bicyclic) bond motifs is 1. The van der Waals surface area contributed by atoms with E-state index >= 15 is 0 Å². The highest BCUT2D eigenvalue weighted by Crippen LogP contribution is 2.32. The van der Waals surface area contributed by atoms with Gasteiger partial charge in [0.05, 0.1) is 5.69 Å². The van der Waals surface area contributed by atoms with Crippen LogP contribution in [0.15, 0.2) is 66.7 Å². The van der Waals surface area contributed by atoms with Gasteiger partial charge in [-0.3, -0.25) is 9.59 Å². The van der Waals surface area contributed by atoms with Gasteiger partial charge in [-0.2, -0.15) is 10.4 Å². The number of aryl methyl sites for hydroxylation is 1. The highest BCUT2D eigenvalue weighted by molar-refractivity contribution is 6.30. The summed E-state index contributed by atoms with van der Waals surface area (Å²) in [5.74, 6) is 0.959. The summed E-state index contributed by atoms with van der Waals surface area (Å²) in [6, 6.07) is 21.2. The van der Waals surface area contributed by atoms with E-state index in [1.807, 2.05) is 19.1 Å². The molecule has 1 aromatic heterocycles. The topological polar surface area (TPSA) is 118 Å². The molecule has 9 nitrogen and oxygen atoms in total. The van der Waals surface area contributed by atoms with Crippen LogP contribution < -0.4 is 20.1 Å². The van der Waals surface area contributed by atoms with E-state index < -0.39 is 0 Å². The summed E-state index contributed by atoms with van der Waals surface area (Å²) in [6.07, 6.45) is 0.550. The SMILES string of the molecule is Cc1ccc(C(=O)c2nn(-c3ccc(Cl)cc3)c(NCCCNC(=O)c3ccc4c(c3)OCO4)c2C#N)cc1. The molecule has 2 N–H and O–H groups in total. The molecule has 10 heteroatoms. The van der Waals surface area contributed by atoms with Crippen molar-refractivity contribution >= 4 is 29.1 Å². The third-order valence-corrected chi connectivity index (χ3v) is 6.42. The Kier molecular flexibility index (Phi) is 7.48. The summed E-state index contributed by atoms with van der Waals surface area (Å²) in [5.41, 5.74) is 2.76. The Morgan fingerprint density at radius 1 is 1.00 bits per heavy atom. The minimum atomic E-state index is -0.349. The Morgan fingerprint density at radius 3 is 2.46 bits per heavy atom. The van der Waals surface area contributed by atoms with Gasteiger partial charge >= 0.3 is 0 Å². The fraction of sp³-hybridized carbons (Fsp3) is 0.172. The molecule has 196 valence electrons. The maximum absolute atomic E-state index is 13.3. The van der Waals surface area contributed by atoms with E-state index in [9.17, 15) is 14.9 Å². The fourth-order valence-electron chi connectivity index (χ4n) is 4.09. The van der Waals surface area contributed by atoms with Gasteiger partial charge in [0.1, 0.15) is 17.5 Å². The molecule has 0 atom stereocenters. The number of nitriles is 1. The first-order valence-electron chi connectivity index (χ1n) is 12.3. The van der Waals surface area contributed by atoms with Crippen LogP contribution in [0.1, 0.15) is 44.0 Å². The Hall–Kier alpha value is -4.81. The van der Waals surface area contributed by atoms with Crippen molar-refractivity contribution in [2.45, 2.75) is 13.3 Å². The van der Waals surface area contributed by atoms with Gasteiger partial charge in [0.15, 0.2) is 17.2 Å². The monoisotopic (exact) mass is 541 g/mol. The highest BCUT2D eigenvalue weighted by atomic mass is 35.5. The molecule has 39 heavy (non-hydrogen) atoms.